The van der Waals surface area contributed by atoms with Gasteiger partial charge in [0, 0.05) is 27.7 Å². The average Bonchev–Trinajstić information content (AvgIpc) is 3.05. The van der Waals surface area contributed by atoms with E-state index < -0.39 is 88.8 Å². The number of carbonyl (C=O) groups is 5. The monoisotopic (exact) mass is 574 g/mol. The van der Waals surface area contributed by atoms with Gasteiger partial charge in [0.1, 0.15) is 23.9 Å². The van der Waals surface area contributed by atoms with Gasteiger partial charge in [0.15, 0.2) is 12.2 Å². The van der Waals surface area contributed by atoms with E-state index in [4.69, 9.17) is 28.4 Å². The van der Waals surface area contributed by atoms with Crippen LogP contribution in [-0.4, -0.2) is 71.6 Å². The maximum atomic E-state index is 13.6. The molecule has 2 bridgehead atoms. The molecule has 0 unspecified atom stereocenters. The van der Waals surface area contributed by atoms with Crippen LogP contribution in [0.25, 0.3) is 0 Å². The summed E-state index contributed by atoms with van der Waals surface area (Å²) in [5, 5.41) is 0. The zero-order valence-electron chi connectivity index (χ0n) is 24.6. The zero-order valence-corrected chi connectivity index (χ0v) is 24.6. The van der Waals surface area contributed by atoms with Gasteiger partial charge >= 0.3 is 29.8 Å². The molecule has 0 aromatic heterocycles. The van der Waals surface area contributed by atoms with E-state index in [1.54, 1.807) is 51.1 Å². The molecule has 0 amide bonds. The topological polar surface area (TPSA) is 141 Å². The van der Waals surface area contributed by atoms with Gasteiger partial charge in [-0.1, -0.05) is 25.1 Å². The third kappa shape index (κ3) is 4.98. The van der Waals surface area contributed by atoms with Crippen LogP contribution >= 0.6 is 0 Å². The lowest BCUT2D eigenvalue weighted by Crippen LogP contribution is -2.79. The SMILES string of the molecule is CC(=O)O[C@@H]1[C@@H]2[C@@H](OC(C)=O)[C@]3(OC2(C)C)[C@H](C)C[C@@H](OC(C)=O)[C@H](OC(C)=O)[C@@]3(C)[C@@H]1OC(=O)c1ccccc1. The number of esters is 5. The molecule has 11 nitrogen and oxygen atoms in total. The summed E-state index contributed by atoms with van der Waals surface area (Å²) in [6.45, 7) is 12.0. The Hall–Kier alpha value is -3.47. The summed E-state index contributed by atoms with van der Waals surface area (Å²) in [5.41, 5.74) is -3.79. The van der Waals surface area contributed by atoms with Crippen LogP contribution in [-0.2, 0) is 47.6 Å². The van der Waals surface area contributed by atoms with Gasteiger partial charge in [-0.05, 0) is 45.2 Å². The lowest BCUT2D eigenvalue weighted by molar-refractivity contribution is -0.315. The Bertz CT molecular complexity index is 1230. The number of carbonyl (C=O) groups excluding carboxylic acids is 5. The molecule has 41 heavy (non-hydrogen) atoms. The molecule has 0 radical (unpaired) electrons. The first-order valence-electron chi connectivity index (χ1n) is 13.7. The second kappa shape index (κ2) is 10.7. The van der Waals surface area contributed by atoms with E-state index in [1.807, 2.05) is 6.92 Å². The van der Waals surface area contributed by atoms with E-state index in [0.717, 1.165) is 0 Å². The van der Waals surface area contributed by atoms with E-state index in [0.29, 0.717) is 0 Å². The molecule has 1 spiro atoms. The Morgan fingerprint density at radius 3 is 1.80 bits per heavy atom. The van der Waals surface area contributed by atoms with Crippen LogP contribution in [0.1, 0.15) is 72.2 Å². The zero-order chi connectivity index (χ0) is 30.5. The molecule has 11 heteroatoms. The van der Waals surface area contributed by atoms with Crippen molar-refractivity contribution in [3.63, 3.8) is 0 Å². The van der Waals surface area contributed by atoms with Gasteiger partial charge < -0.3 is 28.4 Å². The molecule has 9 atom stereocenters. The number of benzene rings is 1. The standard InChI is InChI=1S/C30H38O11/c1-15-14-21(36-16(2)31)24(38-18(4)33)29(8)26(40-27(35)20-12-10-9-11-13-20)23(37-17(3)32)22-25(39-19(5)34)30(15,29)41-28(22,6)7/h9-13,15,21-26H,14H2,1-8H3/t15-,21-,22-,23-,24+,25-,26-,29+,30-/m1/s1. The summed E-state index contributed by atoms with van der Waals surface area (Å²) in [4.78, 5) is 63.5. The third-order valence-corrected chi connectivity index (χ3v) is 8.76. The molecule has 3 aliphatic rings. The van der Waals surface area contributed by atoms with E-state index in [2.05, 4.69) is 0 Å². The van der Waals surface area contributed by atoms with Crippen LogP contribution in [0, 0.1) is 17.3 Å². The van der Waals surface area contributed by atoms with Crippen LogP contribution < -0.4 is 0 Å². The number of hydrogen-bond acceptors (Lipinski definition) is 11. The fourth-order valence-corrected chi connectivity index (χ4v) is 7.57. The molecule has 224 valence electrons. The van der Waals surface area contributed by atoms with E-state index in [1.165, 1.54) is 27.7 Å². The molecule has 2 saturated carbocycles. The minimum absolute atomic E-state index is 0.186. The van der Waals surface area contributed by atoms with Gasteiger partial charge in [-0.25, -0.2) is 4.79 Å². The van der Waals surface area contributed by atoms with Crippen molar-refractivity contribution in [2.45, 2.75) is 104 Å². The normalized spacial score (nSPS) is 36.7. The highest BCUT2D eigenvalue weighted by Crippen LogP contribution is 2.68. The number of ether oxygens (including phenoxy) is 6. The maximum Gasteiger partial charge on any atom is 0.338 e. The van der Waals surface area contributed by atoms with Crippen molar-refractivity contribution < 1.29 is 52.4 Å². The largest absolute Gasteiger partial charge is 0.459 e. The Balaban J connectivity index is 2.02. The summed E-state index contributed by atoms with van der Waals surface area (Å²) in [7, 11) is 0. The second-order valence-corrected chi connectivity index (χ2v) is 11.9. The molecule has 4 rings (SSSR count). The fraction of sp³-hybridized carbons (Fsp3) is 0.633. The van der Waals surface area contributed by atoms with Crippen molar-refractivity contribution in [3.05, 3.63) is 35.9 Å². The van der Waals surface area contributed by atoms with E-state index in [-0.39, 0.29) is 12.0 Å². The van der Waals surface area contributed by atoms with Crippen LogP contribution in [0.5, 0.6) is 0 Å². The molecule has 2 aliphatic carbocycles. The Morgan fingerprint density at radius 1 is 0.732 bits per heavy atom. The average molecular weight is 575 g/mol. The van der Waals surface area contributed by atoms with Gasteiger partial charge in [0.25, 0.3) is 0 Å². The Labute approximate surface area is 239 Å². The highest BCUT2D eigenvalue weighted by Gasteiger charge is 2.83. The van der Waals surface area contributed by atoms with Crippen LogP contribution in [0.4, 0.5) is 0 Å². The van der Waals surface area contributed by atoms with Gasteiger partial charge in [0.2, 0.25) is 0 Å². The Morgan fingerprint density at radius 2 is 1.27 bits per heavy atom. The first-order chi connectivity index (χ1) is 19.1. The molecule has 1 aliphatic heterocycles. The molecule has 1 aromatic rings. The minimum atomic E-state index is -1.55. The summed E-state index contributed by atoms with van der Waals surface area (Å²) < 4.78 is 36.6. The summed E-state index contributed by atoms with van der Waals surface area (Å²) in [6.07, 6.45) is -5.49. The van der Waals surface area contributed by atoms with Crippen molar-refractivity contribution in [1.82, 2.24) is 0 Å². The van der Waals surface area contributed by atoms with Crippen molar-refractivity contribution in [2.24, 2.45) is 17.3 Å². The molecule has 0 N–H and O–H groups in total. The number of hydrogen-bond donors (Lipinski definition) is 0. The highest BCUT2D eigenvalue weighted by molar-refractivity contribution is 5.89. The second-order valence-electron chi connectivity index (χ2n) is 11.9. The van der Waals surface area contributed by atoms with Crippen LogP contribution in [0.15, 0.2) is 30.3 Å². The van der Waals surface area contributed by atoms with Crippen LogP contribution in [0.2, 0.25) is 0 Å². The molecule has 1 saturated heterocycles. The van der Waals surface area contributed by atoms with Gasteiger partial charge in [0.05, 0.1) is 22.5 Å². The van der Waals surface area contributed by atoms with Crippen LogP contribution in [0.3, 0.4) is 0 Å². The molecule has 1 aromatic carbocycles. The summed E-state index contributed by atoms with van der Waals surface area (Å²) >= 11 is 0. The fourth-order valence-electron chi connectivity index (χ4n) is 7.57. The van der Waals surface area contributed by atoms with Crippen molar-refractivity contribution in [1.29, 1.82) is 0 Å². The van der Waals surface area contributed by atoms with E-state index in [9.17, 15) is 24.0 Å². The lowest BCUT2D eigenvalue weighted by Gasteiger charge is -2.63. The first-order valence-corrected chi connectivity index (χ1v) is 13.7. The predicted molar refractivity (Wildman–Crippen MR) is 141 cm³/mol. The molecule has 3 fully saturated rings. The van der Waals surface area contributed by atoms with Gasteiger partial charge in [-0.2, -0.15) is 0 Å². The van der Waals surface area contributed by atoms with Crippen molar-refractivity contribution in [2.75, 3.05) is 0 Å². The lowest BCUT2D eigenvalue weighted by atomic mass is 9.47. The number of fused-ring (bicyclic) bond motifs is 1. The quantitative estimate of drug-likeness (QED) is 0.365. The predicted octanol–water partition coefficient (Wildman–Crippen LogP) is 3.16. The van der Waals surface area contributed by atoms with Gasteiger partial charge in [-0.3, -0.25) is 19.2 Å². The number of rotatable bonds is 6. The molecule has 1 heterocycles. The first kappa shape index (κ1) is 30.5. The molecular weight excluding hydrogens is 536 g/mol. The summed E-state index contributed by atoms with van der Waals surface area (Å²) in [5.74, 6) is -4.51. The van der Waals surface area contributed by atoms with Crippen molar-refractivity contribution in [3.8, 4) is 0 Å². The highest BCUT2D eigenvalue weighted by atomic mass is 16.6. The van der Waals surface area contributed by atoms with Crippen molar-refractivity contribution >= 4 is 29.8 Å². The summed E-state index contributed by atoms with van der Waals surface area (Å²) in [6, 6.07) is 8.26. The van der Waals surface area contributed by atoms with E-state index >= 15 is 0 Å². The van der Waals surface area contributed by atoms with Gasteiger partial charge in [-0.15, -0.1) is 0 Å². The smallest absolute Gasteiger partial charge is 0.338 e. The maximum absolute atomic E-state index is 13.6. The molecular formula is C30H38O11. The minimum Gasteiger partial charge on any atom is -0.459 e. The third-order valence-electron chi connectivity index (χ3n) is 8.76. The Kier molecular flexibility index (Phi) is 7.99.